The Morgan fingerprint density at radius 1 is 1.53 bits per heavy atom. The molecule has 1 unspecified atom stereocenters. The number of phenols is 1. The average Bonchev–Trinajstić information content (AvgIpc) is 2.11. The van der Waals surface area contributed by atoms with Crippen LogP contribution in [0.25, 0.3) is 0 Å². The number of carboxylic acid groups (broad SMARTS) is 1. The Balaban J connectivity index is 2.29. The van der Waals surface area contributed by atoms with E-state index in [4.69, 9.17) is 5.11 Å². The summed E-state index contributed by atoms with van der Waals surface area (Å²) in [6.45, 7) is 0.822. The molecule has 0 aliphatic carbocycles. The summed E-state index contributed by atoms with van der Waals surface area (Å²) in [7, 11) is 0. The molecule has 3 N–H and O–H groups in total. The minimum absolute atomic E-state index is 0.0520. The van der Waals surface area contributed by atoms with E-state index in [1.807, 2.05) is 6.07 Å². The number of carboxylic acids is 1. The molecule has 1 saturated heterocycles. The van der Waals surface area contributed by atoms with E-state index in [1.165, 1.54) is 0 Å². The number of carbonyl (C=O) groups is 1. The largest absolute Gasteiger partial charge is 0.508 e. The molecule has 1 aromatic rings. The quantitative estimate of drug-likeness (QED) is 0.693. The maximum absolute atomic E-state index is 10.8. The Bertz CT molecular complexity index is 385. The lowest BCUT2D eigenvalue weighted by atomic mass is 9.78. The van der Waals surface area contributed by atoms with Gasteiger partial charge in [0.2, 0.25) is 0 Å². The highest BCUT2D eigenvalue weighted by Crippen LogP contribution is 2.35. The van der Waals surface area contributed by atoms with Gasteiger partial charge in [-0.3, -0.25) is 4.79 Å². The zero-order chi connectivity index (χ0) is 10.9. The van der Waals surface area contributed by atoms with Gasteiger partial charge in [0, 0.05) is 0 Å². The Labute approximate surface area is 87.6 Å². The van der Waals surface area contributed by atoms with E-state index in [0.717, 1.165) is 18.5 Å². The molecular formula is C11H13NO3. The number of hydrogen-bond acceptors (Lipinski definition) is 3. The van der Waals surface area contributed by atoms with Gasteiger partial charge in [-0.1, -0.05) is 12.1 Å². The maximum atomic E-state index is 10.8. The zero-order valence-corrected chi connectivity index (χ0v) is 8.23. The van der Waals surface area contributed by atoms with Gasteiger partial charge < -0.3 is 15.5 Å². The third-order valence-electron chi connectivity index (χ3n) is 2.87. The lowest BCUT2D eigenvalue weighted by molar-refractivity contribution is -0.139. The number of hydrogen-bond donors (Lipinski definition) is 3. The van der Waals surface area contributed by atoms with E-state index in [0.29, 0.717) is 0 Å². The highest BCUT2D eigenvalue weighted by molar-refractivity contribution is 5.69. The van der Waals surface area contributed by atoms with Crippen LogP contribution in [0, 0.1) is 0 Å². The Kier molecular flexibility index (Phi) is 2.36. The van der Waals surface area contributed by atoms with Crippen molar-refractivity contribution in [2.75, 3.05) is 6.54 Å². The molecule has 1 aromatic carbocycles. The molecule has 4 heteroatoms. The van der Waals surface area contributed by atoms with E-state index < -0.39 is 11.5 Å². The van der Waals surface area contributed by atoms with E-state index in [2.05, 4.69) is 5.32 Å². The first kappa shape index (κ1) is 9.98. The lowest BCUT2D eigenvalue weighted by Gasteiger charge is -2.42. The lowest BCUT2D eigenvalue weighted by Crippen LogP contribution is -2.55. The SMILES string of the molecule is O=C(O)CC1(c2cccc(O)c2)CCN1. The number of phenolic OH excluding ortho intramolecular Hbond substituents is 1. The minimum atomic E-state index is -0.828. The summed E-state index contributed by atoms with van der Waals surface area (Å²) in [4.78, 5) is 10.8. The van der Waals surface area contributed by atoms with Crippen LogP contribution in [0.1, 0.15) is 18.4 Å². The fourth-order valence-corrected chi connectivity index (χ4v) is 1.99. The highest BCUT2D eigenvalue weighted by atomic mass is 16.4. The van der Waals surface area contributed by atoms with Gasteiger partial charge in [-0.25, -0.2) is 0 Å². The van der Waals surface area contributed by atoms with Crippen molar-refractivity contribution in [3.05, 3.63) is 29.8 Å². The molecule has 0 aromatic heterocycles. The first-order valence-corrected chi connectivity index (χ1v) is 4.89. The number of aliphatic carboxylic acids is 1. The van der Waals surface area contributed by atoms with Gasteiger partial charge in [0.05, 0.1) is 12.0 Å². The van der Waals surface area contributed by atoms with Crippen molar-refractivity contribution >= 4 is 5.97 Å². The molecule has 1 atom stereocenters. The highest BCUT2D eigenvalue weighted by Gasteiger charge is 2.40. The van der Waals surface area contributed by atoms with Crippen molar-refractivity contribution in [1.82, 2.24) is 5.32 Å². The van der Waals surface area contributed by atoms with Crippen LogP contribution in [-0.2, 0) is 10.3 Å². The number of benzene rings is 1. The second-order valence-electron chi connectivity index (χ2n) is 3.88. The predicted octanol–water partition coefficient (Wildman–Crippen LogP) is 1.06. The molecular weight excluding hydrogens is 194 g/mol. The van der Waals surface area contributed by atoms with Crippen molar-refractivity contribution in [3.8, 4) is 5.75 Å². The van der Waals surface area contributed by atoms with Crippen LogP contribution < -0.4 is 5.32 Å². The molecule has 1 aliphatic heterocycles. The summed E-state index contributed by atoms with van der Waals surface area (Å²) in [5.74, 6) is -0.656. The Hall–Kier alpha value is -1.55. The van der Waals surface area contributed by atoms with Crippen molar-refractivity contribution in [1.29, 1.82) is 0 Å². The summed E-state index contributed by atoms with van der Waals surface area (Å²) in [6.07, 6.45) is 0.846. The van der Waals surface area contributed by atoms with Gasteiger partial charge in [0.15, 0.2) is 0 Å². The van der Waals surface area contributed by atoms with E-state index in [1.54, 1.807) is 18.2 Å². The molecule has 0 spiro atoms. The Morgan fingerprint density at radius 3 is 2.73 bits per heavy atom. The van der Waals surface area contributed by atoms with Crippen molar-refractivity contribution in [2.45, 2.75) is 18.4 Å². The average molecular weight is 207 g/mol. The van der Waals surface area contributed by atoms with Crippen LogP contribution in [0.5, 0.6) is 5.75 Å². The summed E-state index contributed by atoms with van der Waals surface area (Å²) < 4.78 is 0. The van der Waals surface area contributed by atoms with Gasteiger partial charge in [-0.05, 0) is 30.7 Å². The zero-order valence-electron chi connectivity index (χ0n) is 8.23. The third kappa shape index (κ3) is 1.80. The summed E-state index contributed by atoms with van der Waals surface area (Å²) in [5, 5.41) is 21.3. The van der Waals surface area contributed by atoms with Crippen LogP contribution in [0.4, 0.5) is 0 Å². The molecule has 0 saturated carbocycles. The molecule has 0 amide bonds. The molecule has 1 aliphatic rings. The predicted molar refractivity (Wildman–Crippen MR) is 54.7 cm³/mol. The smallest absolute Gasteiger partial charge is 0.305 e. The minimum Gasteiger partial charge on any atom is -0.508 e. The van der Waals surface area contributed by atoms with Crippen molar-refractivity contribution < 1.29 is 15.0 Å². The van der Waals surface area contributed by atoms with Crippen LogP contribution in [-0.4, -0.2) is 22.7 Å². The third-order valence-corrected chi connectivity index (χ3v) is 2.87. The fourth-order valence-electron chi connectivity index (χ4n) is 1.99. The van der Waals surface area contributed by atoms with Gasteiger partial charge in [0.1, 0.15) is 5.75 Å². The van der Waals surface area contributed by atoms with Crippen molar-refractivity contribution in [3.63, 3.8) is 0 Å². The summed E-state index contributed by atoms with van der Waals surface area (Å²) in [6, 6.07) is 6.77. The van der Waals surface area contributed by atoms with E-state index >= 15 is 0 Å². The van der Waals surface area contributed by atoms with Gasteiger partial charge in [-0.15, -0.1) is 0 Å². The molecule has 2 rings (SSSR count). The van der Waals surface area contributed by atoms with Crippen LogP contribution in [0.2, 0.25) is 0 Å². The normalized spacial score (nSPS) is 24.5. The van der Waals surface area contributed by atoms with Gasteiger partial charge >= 0.3 is 5.97 Å². The number of aromatic hydroxyl groups is 1. The maximum Gasteiger partial charge on any atom is 0.305 e. The number of nitrogens with one attached hydrogen (secondary N) is 1. The van der Waals surface area contributed by atoms with Gasteiger partial charge in [0.25, 0.3) is 0 Å². The number of rotatable bonds is 3. The molecule has 0 radical (unpaired) electrons. The van der Waals surface area contributed by atoms with Crippen LogP contribution >= 0.6 is 0 Å². The second kappa shape index (κ2) is 3.55. The van der Waals surface area contributed by atoms with Gasteiger partial charge in [-0.2, -0.15) is 0 Å². The summed E-state index contributed by atoms with van der Waals surface area (Å²) in [5.41, 5.74) is 0.362. The molecule has 0 bridgehead atoms. The first-order chi connectivity index (χ1) is 7.12. The second-order valence-corrected chi connectivity index (χ2v) is 3.88. The van der Waals surface area contributed by atoms with Crippen molar-refractivity contribution in [2.24, 2.45) is 0 Å². The summed E-state index contributed by atoms with van der Waals surface area (Å²) >= 11 is 0. The van der Waals surface area contributed by atoms with E-state index in [9.17, 15) is 9.90 Å². The molecule has 15 heavy (non-hydrogen) atoms. The first-order valence-electron chi connectivity index (χ1n) is 4.89. The monoisotopic (exact) mass is 207 g/mol. The van der Waals surface area contributed by atoms with E-state index in [-0.39, 0.29) is 12.2 Å². The van der Waals surface area contributed by atoms with Crippen LogP contribution in [0.3, 0.4) is 0 Å². The Morgan fingerprint density at radius 2 is 2.27 bits per heavy atom. The molecule has 1 fully saturated rings. The molecule has 4 nitrogen and oxygen atoms in total. The molecule has 80 valence electrons. The standard InChI is InChI=1S/C11H13NO3/c13-9-3-1-2-8(6-9)11(4-5-12-11)7-10(14)15/h1-3,6,12-13H,4-5,7H2,(H,14,15). The fraction of sp³-hybridized carbons (Fsp3) is 0.364. The topological polar surface area (TPSA) is 69.6 Å². The van der Waals surface area contributed by atoms with Crippen LogP contribution in [0.15, 0.2) is 24.3 Å². The molecule has 1 heterocycles.